The lowest BCUT2D eigenvalue weighted by Crippen LogP contribution is -2.24. The standard InChI is InChI=1S/C22H22F3N5OS/c1-14(21(31)26-17-10-9-16(23)19(24)20(17)25)32-22-28-27-18(13-29-11-5-6-12-29)30(22)15-7-3-2-4-8-15/h2-4,7-10,14H,5-6,11-13H2,1H3,(H,26,31)/t14-/m0/s1. The third-order valence-corrected chi connectivity index (χ3v) is 6.27. The molecule has 1 amide bonds. The number of nitrogens with one attached hydrogen (secondary N) is 1. The Morgan fingerprint density at radius 1 is 1.06 bits per heavy atom. The number of para-hydroxylation sites is 1. The minimum absolute atomic E-state index is 0.416. The van der Waals surface area contributed by atoms with Gasteiger partial charge in [-0.3, -0.25) is 14.3 Å². The average molecular weight is 462 g/mol. The normalized spacial score (nSPS) is 15.1. The molecule has 10 heteroatoms. The second-order valence-corrected chi connectivity index (χ2v) is 8.83. The molecule has 32 heavy (non-hydrogen) atoms. The van der Waals surface area contributed by atoms with E-state index in [-0.39, 0.29) is 0 Å². The Labute approximate surface area is 187 Å². The Morgan fingerprint density at radius 2 is 1.78 bits per heavy atom. The summed E-state index contributed by atoms with van der Waals surface area (Å²) in [5.74, 6) is -4.18. The molecular weight excluding hydrogens is 439 g/mol. The number of hydrogen-bond acceptors (Lipinski definition) is 5. The number of nitrogens with zero attached hydrogens (tertiary/aromatic N) is 4. The van der Waals surface area contributed by atoms with Crippen molar-refractivity contribution in [1.29, 1.82) is 0 Å². The molecule has 2 heterocycles. The van der Waals surface area contributed by atoms with Crippen LogP contribution in [0.5, 0.6) is 0 Å². The van der Waals surface area contributed by atoms with E-state index in [0.717, 1.165) is 61.3 Å². The molecule has 3 aromatic rings. The highest BCUT2D eigenvalue weighted by Crippen LogP contribution is 2.28. The maximum atomic E-state index is 13.9. The molecular formula is C22H22F3N5OS. The van der Waals surface area contributed by atoms with Gasteiger partial charge in [0, 0.05) is 5.69 Å². The van der Waals surface area contributed by atoms with Crippen LogP contribution in [0.1, 0.15) is 25.6 Å². The molecule has 1 aromatic heterocycles. The van der Waals surface area contributed by atoms with E-state index in [1.165, 1.54) is 0 Å². The summed E-state index contributed by atoms with van der Waals surface area (Å²) in [4.78, 5) is 14.9. The molecule has 0 spiro atoms. The minimum atomic E-state index is -1.63. The first-order chi connectivity index (χ1) is 15.4. The minimum Gasteiger partial charge on any atom is -0.323 e. The van der Waals surface area contributed by atoms with Gasteiger partial charge in [-0.1, -0.05) is 30.0 Å². The van der Waals surface area contributed by atoms with Crippen molar-refractivity contribution in [1.82, 2.24) is 19.7 Å². The predicted molar refractivity (Wildman–Crippen MR) is 116 cm³/mol. The molecule has 0 radical (unpaired) electrons. The maximum Gasteiger partial charge on any atom is 0.237 e. The molecule has 1 N–H and O–H groups in total. The molecule has 6 nitrogen and oxygen atoms in total. The third-order valence-electron chi connectivity index (χ3n) is 5.22. The lowest BCUT2D eigenvalue weighted by atomic mass is 10.2. The zero-order valence-corrected chi connectivity index (χ0v) is 18.2. The van der Waals surface area contributed by atoms with Crippen molar-refractivity contribution < 1.29 is 18.0 Å². The Kier molecular flexibility index (Phi) is 6.80. The van der Waals surface area contributed by atoms with Gasteiger partial charge in [0.2, 0.25) is 5.91 Å². The van der Waals surface area contributed by atoms with E-state index < -0.39 is 34.3 Å². The number of hydrogen-bond donors (Lipinski definition) is 1. The zero-order chi connectivity index (χ0) is 22.7. The summed E-state index contributed by atoms with van der Waals surface area (Å²) in [5.41, 5.74) is 0.453. The van der Waals surface area contributed by atoms with Crippen LogP contribution in [0.3, 0.4) is 0 Å². The van der Waals surface area contributed by atoms with Gasteiger partial charge in [0.05, 0.1) is 17.5 Å². The van der Waals surface area contributed by atoms with Gasteiger partial charge in [0.25, 0.3) is 0 Å². The van der Waals surface area contributed by atoms with Crippen molar-refractivity contribution in [2.24, 2.45) is 0 Å². The van der Waals surface area contributed by atoms with Crippen LogP contribution >= 0.6 is 11.8 Å². The van der Waals surface area contributed by atoms with Crippen LogP contribution in [-0.2, 0) is 11.3 Å². The van der Waals surface area contributed by atoms with Crippen LogP contribution in [0, 0.1) is 17.5 Å². The van der Waals surface area contributed by atoms with E-state index in [9.17, 15) is 18.0 Å². The van der Waals surface area contributed by atoms with E-state index in [2.05, 4.69) is 20.4 Å². The van der Waals surface area contributed by atoms with Crippen LogP contribution in [0.15, 0.2) is 47.6 Å². The fourth-order valence-electron chi connectivity index (χ4n) is 3.52. The molecule has 0 bridgehead atoms. The average Bonchev–Trinajstić information content (AvgIpc) is 3.45. The van der Waals surface area contributed by atoms with Gasteiger partial charge in [0.1, 0.15) is 0 Å². The lowest BCUT2D eigenvalue weighted by molar-refractivity contribution is -0.115. The van der Waals surface area contributed by atoms with E-state index in [1.54, 1.807) is 6.92 Å². The number of anilines is 1. The Hall–Kier alpha value is -2.85. The summed E-state index contributed by atoms with van der Waals surface area (Å²) in [6.07, 6.45) is 2.30. The van der Waals surface area contributed by atoms with Gasteiger partial charge in [-0.15, -0.1) is 10.2 Å². The smallest absolute Gasteiger partial charge is 0.237 e. The van der Waals surface area contributed by atoms with Gasteiger partial charge in [0.15, 0.2) is 28.4 Å². The van der Waals surface area contributed by atoms with Gasteiger partial charge < -0.3 is 5.32 Å². The molecule has 0 aliphatic carbocycles. The number of carbonyl (C=O) groups is 1. The molecule has 4 rings (SSSR count). The van der Waals surface area contributed by atoms with Crippen LogP contribution in [-0.4, -0.2) is 43.9 Å². The topological polar surface area (TPSA) is 63.1 Å². The Morgan fingerprint density at radius 3 is 2.50 bits per heavy atom. The molecule has 1 fully saturated rings. The van der Waals surface area contributed by atoms with Gasteiger partial charge >= 0.3 is 0 Å². The molecule has 168 valence electrons. The van der Waals surface area contributed by atoms with Crippen LogP contribution < -0.4 is 5.32 Å². The van der Waals surface area contributed by atoms with Crippen molar-refractivity contribution >= 4 is 23.4 Å². The number of aromatic nitrogens is 3. The number of benzene rings is 2. The summed E-state index contributed by atoms with van der Waals surface area (Å²) >= 11 is 1.15. The Balaban J connectivity index is 1.54. The van der Waals surface area contributed by atoms with Gasteiger partial charge in [-0.2, -0.15) is 0 Å². The SMILES string of the molecule is C[C@H](Sc1nnc(CN2CCCC2)n1-c1ccccc1)C(=O)Nc1ccc(F)c(F)c1F. The maximum absolute atomic E-state index is 13.9. The number of thioether (sulfide) groups is 1. The highest BCUT2D eigenvalue weighted by molar-refractivity contribution is 8.00. The Bertz CT molecular complexity index is 1100. The number of amides is 1. The van der Waals surface area contributed by atoms with Crippen LogP contribution in [0.4, 0.5) is 18.9 Å². The molecule has 0 unspecified atom stereocenters. The fourth-order valence-corrected chi connectivity index (χ4v) is 4.41. The number of carbonyl (C=O) groups excluding carboxylic acids is 1. The molecule has 1 saturated heterocycles. The van der Waals surface area contributed by atoms with E-state index in [1.807, 2.05) is 34.9 Å². The van der Waals surface area contributed by atoms with Crippen LogP contribution in [0.2, 0.25) is 0 Å². The highest BCUT2D eigenvalue weighted by atomic mass is 32.2. The van der Waals surface area contributed by atoms with Crippen molar-refractivity contribution in [3.8, 4) is 5.69 Å². The van der Waals surface area contributed by atoms with E-state index in [4.69, 9.17) is 0 Å². The zero-order valence-electron chi connectivity index (χ0n) is 17.4. The van der Waals surface area contributed by atoms with Crippen molar-refractivity contribution in [3.63, 3.8) is 0 Å². The number of likely N-dealkylation sites (tertiary alicyclic amines) is 1. The molecule has 1 aliphatic heterocycles. The number of rotatable bonds is 7. The largest absolute Gasteiger partial charge is 0.323 e. The third kappa shape index (κ3) is 4.81. The first kappa shape index (κ1) is 22.3. The lowest BCUT2D eigenvalue weighted by Gasteiger charge is -2.17. The molecule has 1 aliphatic rings. The van der Waals surface area contributed by atoms with E-state index in [0.29, 0.717) is 11.7 Å². The first-order valence-electron chi connectivity index (χ1n) is 10.3. The quantitative estimate of drug-likeness (QED) is 0.418. The first-order valence-corrected chi connectivity index (χ1v) is 11.1. The monoisotopic (exact) mass is 461 g/mol. The summed E-state index contributed by atoms with van der Waals surface area (Å²) in [6, 6.07) is 11.3. The summed E-state index contributed by atoms with van der Waals surface area (Å²) in [6.45, 7) is 4.27. The number of halogens is 3. The van der Waals surface area contributed by atoms with Crippen molar-refractivity contribution in [2.75, 3.05) is 18.4 Å². The summed E-state index contributed by atoms with van der Waals surface area (Å²) < 4.78 is 42.4. The summed E-state index contributed by atoms with van der Waals surface area (Å²) in [7, 11) is 0. The second kappa shape index (κ2) is 9.74. The predicted octanol–water partition coefficient (Wildman–Crippen LogP) is 4.40. The molecule has 2 aromatic carbocycles. The molecule has 1 atom stereocenters. The van der Waals surface area contributed by atoms with Crippen LogP contribution in [0.25, 0.3) is 5.69 Å². The molecule has 0 saturated carbocycles. The van der Waals surface area contributed by atoms with Crippen molar-refractivity contribution in [2.45, 2.75) is 36.7 Å². The van der Waals surface area contributed by atoms with Gasteiger partial charge in [-0.05, 0) is 57.1 Å². The second-order valence-electron chi connectivity index (χ2n) is 7.53. The van der Waals surface area contributed by atoms with Crippen molar-refractivity contribution in [3.05, 3.63) is 65.7 Å². The van der Waals surface area contributed by atoms with Gasteiger partial charge in [-0.25, -0.2) is 13.2 Å². The van der Waals surface area contributed by atoms with E-state index >= 15 is 0 Å². The fraction of sp³-hybridized carbons (Fsp3) is 0.318. The summed E-state index contributed by atoms with van der Waals surface area (Å²) in [5, 5.41) is 10.8. The highest BCUT2D eigenvalue weighted by Gasteiger charge is 2.24.